The Bertz CT molecular complexity index is 653. The van der Waals surface area contributed by atoms with Crippen LogP contribution in [0.2, 0.25) is 0 Å². The maximum absolute atomic E-state index is 13.0. The molecule has 0 radical (unpaired) electrons. The lowest BCUT2D eigenvalue weighted by Gasteiger charge is -2.45. The summed E-state index contributed by atoms with van der Waals surface area (Å²) in [6, 6.07) is 16.3. The summed E-state index contributed by atoms with van der Waals surface area (Å²) in [5.41, 5.74) is 4.20. The number of halogens is 1. The summed E-state index contributed by atoms with van der Waals surface area (Å²) in [5.74, 6) is -0.158. The number of fused-ring (bicyclic) bond motifs is 3. The summed E-state index contributed by atoms with van der Waals surface area (Å²) in [6.07, 6.45) is 1.17. The van der Waals surface area contributed by atoms with Gasteiger partial charge in [-0.1, -0.05) is 36.4 Å². The zero-order valence-corrected chi connectivity index (χ0v) is 12.7. The van der Waals surface area contributed by atoms with Gasteiger partial charge in [0.1, 0.15) is 5.82 Å². The number of hydrogen-bond acceptors (Lipinski definition) is 2. The minimum absolute atomic E-state index is 0.158. The molecule has 4 rings (SSSR count). The zero-order chi connectivity index (χ0) is 14.9. The quantitative estimate of drug-likeness (QED) is 0.839. The topological polar surface area (TPSA) is 6.48 Å². The van der Waals surface area contributed by atoms with Crippen molar-refractivity contribution in [1.29, 1.82) is 0 Å². The lowest BCUT2D eigenvalue weighted by molar-refractivity contribution is 0.0630. The van der Waals surface area contributed by atoms with Crippen molar-refractivity contribution in [2.45, 2.75) is 19.0 Å². The molecule has 1 fully saturated rings. The van der Waals surface area contributed by atoms with Gasteiger partial charge in [0.15, 0.2) is 0 Å². The fourth-order valence-corrected chi connectivity index (χ4v) is 3.78. The largest absolute Gasteiger partial charge is 0.296 e. The zero-order valence-electron chi connectivity index (χ0n) is 12.7. The van der Waals surface area contributed by atoms with Crippen LogP contribution in [-0.4, -0.2) is 36.0 Å². The van der Waals surface area contributed by atoms with E-state index in [1.165, 1.54) is 29.7 Å². The van der Waals surface area contributed by atoms with Crippen LogP contribution in [0.5, 0.6) is 0 Å². The van der Waals surface area contributed by atoms with Crippen LogP contribution in [-0.2, 0) is 13.0 Å². The van der Waals surface area contributed by atoms with E-state index in [-0.39, 0.29) is 5.82 Å². The van der Waals surface area contributed by atoms with E-state index < -0.39 is 0 Å². The highest BCUT2D eigenvalue weighted by atomic mass is 19.1. The summed E-state index contributed by atoms with van der Waals surface area (Å²) >= 11 is 0. The smallest absolute Gasteiger partial charge is 0.123 e. The number of rotatable bonds is 2. The van der Waals surface area contributed by atoms with Gasteiger partial charge in [-0.3, -0.25) is 9.80 Å². The minimum Gasteiger partial charge on any atom is -0.296 e. The maximum atomic E-state index is 13.0. The first-order chi connectivity index (χ1) is 10.8. The molecule has 0 N–H and O–H groups in total. The molecule has 2 heterocycles. The van der Waals surface area contributed by atoms with Crippen molar-refractivity contribution < 1.29 is 4.39 Å². The van der Waals surface area contributed by atoms with Gasteiger partial charge in [-0.05, 0) is 35.2 Å². The van der Waals surface area contributed by atoms with Gasteiger partial charge >= 0.3 is 0 Å². The van der Waals surface area contributed by atoms with Crippen LogP contribution in [0.15, 0.2) is 48.5 Å². The van der Waals surface area contributed by atoms with E-state index in [9.17, 15) is 4.39 Å². The van der Waals surface area contributed by atoms with E-state index in [0.717, 1.165) is 26.2 Å². The molecule has 2 aliphatic heterocycles. The Balaban J connectivity index is 1.51. The predicted octanol–water partition coefficient (Wildman–Crippen LogP) is 3.24. The Kier molecular flexibility index (Phi) is 3.68. The standard InChI is InChI=1S/C19H21FN2/c20-17-7-5-15(6-8-17)13-21-11-12-22-10-9-16-3-1-2-4-18(16)19(22)14-21/h1-8,19H,9-14H2. The molecule has 1 unspecified atom stereocenters. The third-order valence-corrected chi connectivity index (χ3v) is 4.98. The third-order valence-electron chi connectivity index (χ3n) is 4.98. The van der Waals surface area contributed by atoms with Gasteiger partial charge in [-0.25, -0.2) is 4.39 Å². The third kappa shape index (κ3) is 2.67. The summed E-state index contributed by atoms with van der Waals surface area (Å²) in [7, 11) is 0. The average molecular weight is 296 g/mol. The molecule has 1 saturated heterocycles. The molecule has 0 saturated carbocycles. The number of hydrogen-bond donors (Lipinski definition) is 0. The maximum Gasteiger partial charge on any atom is 0.123 e. The second-order valence-corrected chi connectivity index (χ2v) is 6.36. The number of piperazine rings is 1. The van der Waals surface area contributed by atoms with Gasteiger partial charge in [-0.2, -0.15) is 0 Å². The van der Waals surface area contributed by atoms with E-state index in [2.05, 4.69) is 34.1 Å². The molecule has 114 valence electrons. The van der Waals surface area contributed by atoms with Crippen LogP contribution in [0.4, 0.5) is 4.39 Å². The molecule has 1 atom stereocenters. The first-order valence-corrected chi connectivity index (χ1v) is 8.08. The monoisotopic (exact) mass is 296 g/mol. The second kappa shape index (κ2) is 5.82. The van der Waals surface area contributed by atoms with E-state index in [1.54, 1.807) is 12.1 Å². The van der Waals surface area contributed by atoms with E-state index in [1.807, 2.05) is 12.1 Å². The van der Waals surface area contributed by atoms with Gasteiger partial charge in [-0.15, -0.1) is 0 Å². The molecule has 2 aromatic rings. The minimum atomic E-state index is -0.158. The summed E-state index contributed by atoms with van der Waals surface area (Å²) in [5, 5.41) is 0. The molecule has 2 nitrogen and oxygen atoms in total. The number of nitrogens with zero attached hydrogens (tertiary/aromatic N) is 2. The Hall–Kier alpha value is -1.71. The van der Waals surface area contributed by atoms with Crippen LogP contribution in [0, 0.1) is 5.82 Å². The summed E-state index contributed by atoms with van der Waals surface area (Å²) in [6.45, 7) is 5.36. The molecule has 22 heavy (non-hydrogen) atoms. The first kappa shape index (κ1) is 13.9. The lowest BCUT2D eigenvalue weighted by atomic mass is 9.91. The molecule has 0 bridgehead atoms. The molecule has 0 amide bonds. The molecule has 3 heteroatoms. The summed E-state index contributed by atoms with van der Waals surface area (Å²) < 4.78 is 13.0. The molecule has 2 aliphatic rings. The fraction of sp³-hybridized carbons (Fsp3) is 0.368. The molecule has 0 spiro atoms. The van der Waals surface area contributed by atoms with Gasteiger partial charge in [0.2, 0.25) is 0 Å². The Morgan fingerprint density at radius 2 is 1.77 bits per heavy atom. The molecular formula is C19H21FN2. The highest BCUT2D eigenvalue weighted by Gasteiger charge is 2.32. The van der Waals surface area contributed by atoms with Gasteiger partial charge in [0.25, 0.3) is 0 Å². The molecule has 2 aromatic carbocycles. The van der Waals surface area contributed by atoms with E-state index in [4.69, 9.17) is 0 Å². The Labute approximate surface area is 131 Å². The normalized spacial score (nSPS) is 22.1. The highest BCUT2D eigenvalue weighted by molar-refractivity contribution is 5.33. The number of benzene rings is 2. The van der Waals surface area contributed by atoms with Gasteiger partial charge < -0.3 is 0 Å². The SMILES string of the molecule is Fc1ccc(CN2CCN3CCc4ccccc4C3C2)cc1. The average Bonchev–Trinajstić information content (AvgIpc) is 2.57. The molecule has 0 aromatic heterocycles. The van der Waals surface area contributed by atoms with Gasteiger partial charge in [0.05, 0.1) is 0 Å². The highest BCUT2D eigenvalue weighted by Crippen LogP contribution is 2.32. The molecular weight excluding hydrogens is 275 g/mol. The Morgan fingerprint density at radius 3 is 2.64 bits per heavy atom. The van der Waals surface area contributed by atoms with Crippen molar-refractivity contribution in [3.63, 3.8) is 0 Å². The van der Waals surface area contributed by atoms with Crippen molar-refractivity contribution >= 4 is 0 Å². The van der Waals surface area contributed by atoms with Crippen molar-refractivity contribution in [2.75, 3.05) is 26.2 Å². The van der Waals surface area contributed by atoms with Crippen molar-refractivity contribution in [1.82, 2.24) is 9.80 Å². The van der Waals surface area contributed by atoms with Crippen molar-refractivity contribution in [2.24, 2.45) is 0 Å². The fourth-order valence-electron chi connectivity index (χ4n) is 3.78. The van der Waals surface area contributed by atoms with Crippen LogP contribution in [0.3, 0.4) is 0 Å². The lowest BCUT2D eigenvalue weighted by Crippen LogP contribution is -2.50. The molecule has 0 aliphatic carbocycles. The second-order valence-electron chi connectivity index (χ2n) is 6.36. The van der Waals surface area contributed by atoms with E-state index >= 15 is 0 Å². The summed E-state index contributed by atoms with van der Waals surface area (Å²) in [4.78, 5) is 5.11. The van der Waals surface area contributed by atoms with Crippen molar-refractivity contribution in [3.8, 4) is 0 Å². The predicted molar refractivity (Wildman–Crippen MR) is 86.1 cm³/mol. The van der Waals surface area contributed by atoms with Crippen molar-refractivity contribution in [3.05, 3.63) is 71.0 Å². The van der Waals surface area contributed by atoms with Crippen LogP contribution in [0.1, 0.15) is 22.7 Å². The van der Waals surface area contributed by atoms with Gasteiger partial charge in [0, 0.05) is 38.8 Å². The first-order valence-electron chi connectivity index (χ1n) is 8.08. The van der Waals surface area contributed by atoms with Crippen LogP contribution >= 0.6 is 0 Å². The Morgan fingerprint density at radius 1 is 0.955 bits per heavy atom. The van der Waals surface area contributed by atoms with Crippen LogP contribution < -0.4 is 0 Å². The van der Waals surface area contributed by atoms with Crippen LogP contribution in [0.25, 0.3) is 0 Å². The van der Waals surface area contributed by atoms with E-state index in [0.29, 0.717) is 6.04 Å².